The van der Waals surface area contributed by atoms with Gasteiger partial charge in [0.2, 0.25) is 0 Å². The second-order valence-corrected chi connectivity index (χ2v) is 4.53. The average Bonchev–Trinajstić information content (AvgIpc) is 2.38. The molecule has 0 atom stereocenters. The number of halogens is 1. The van der Waals surface area contributed by atoms with Gasteiger partial charge in [0.1, 0.15) is 5.82 Å². The number of nitrogens with two attached hydrogens (primary N) is 1. The van der Waals surface area contributed by atoms with Crippen LogP contribution < -0.4 is 5.73 Å². The van der Waals surface area contributed by atoms with Gasteiger partial charge in [-0.3, -0.25) is 9.78 Å². The van der Waals surface area contributed by atoms with Gasteiger partial charge in [-0.15, -0.1) is 11.8 Å². The van der Waals surface area contributed by atoms with E-state index in [1.807, 2.05) is 0 Å². The third kappa shape index (κ3) is 2.38. The number of esters is 1. The van der Waals surface area contributed by atoms with Crippen LogP contribution in [0.1, 0.15) is 0 Å². The molecule has 0 aliphatic carbocycles. The number of benzene rings is 1. The molecule has 0 saturated carbocycles. The summed E-state index contributed by atoms with van der Waals surface area (Å²) >= 11 is 1.05. The number of rotatable bonds is 3. The highest BCUT2D eigenvalue weighted by Crippen LogP contribution is 2.32. The van der Waals surface area contributed by atoms with Crippen molar-refractivity contribution in [3.63, 3.8) is 0 Å². The lowest BCUT2D eigenvalue weighted by molar-refractivity contribution is -0.137. The summed E-state index contributed by atoms with van der Waals surface area (Å²) in [5.41, 5.74) is 6.52. The number of carbonyl (C=O) groups is 1. The summed E-state index contributed by atoms with van der Waals surface area (Å²) in [6, 6.07) is 4.73. The monoisotopic (exact) mass is 266 g/mol. The van der Waals surface area contributed by atoms with Gasteiger partial charge in [0.25, 0.3) is 0 Å². The van der Waals surface area contributed by atoms with E-state index in [4.69, 9.17) is 5.73 Å². The number of pyridine rings is 1. The Morgan fingerprint density at radius 2 is 2.39 bits per heavy atom. The fourth-order valence-electron chi connectivity index (χ4n) is 1.54. The SMILES string of the molecule is COC(=O)CSc1c(F)cc(N)c2cccnc12. The first-order valence-corrected chi connectivity index (χ1v) is 6.14. The van der Waals surface area contributed by atoms with Gasteiger partial charge in [-0.25, -0.2) is 4.39 Å². The van der Waals surface area contributed by atoms with Gasteiger partial charge in [-0.2, -0.15) is 0 Å². The van der Waals surface area contributed by atoms with E-state index in [0.29, 0.717) is 21.5 Å². The standard InChI is InChI=1S/C12H11FN2O2S/c1-17-10(16)6-18-12-8(13)5-9(14)7-3-2-4-15-11(7)12/h2-5H,6,14H2,1H3. The van der Waals surface area contributed by atoms with Crippen LogP contribution in [-0.2, 0) is 9.53 Å². The van der Waals surface area contributed by atoms with Gasteiger partial charge in [0.05, 0.1) is 23.3 Å². The average molecular weight is 266 g/mol. The largest absolute Gasteiger partial charge is 0.468 e. The number of fused-ring (bicyclic) bond motifs is 1. The minimum absolute atomic E-state index is 0.0308. The molecule has 0 spiro atoms. The van der Waals surface area contributed by atoms with Crippen molar-refractivity contribution >= 4 is 34.3 Å². The van der Waals surface area contributed by atoms with E-state index in [9.17, 15) is 9.18 Å². The maximum Gasteiger partial charge on any atom is 0.315 e. The summed E-state index contributed by atoms with van der Waals surface area (Å²) in [5.74, 6) is -0.865. The first-order chi connectivity index (χ1) is 8.63. The Balaban J connectivity index is 2.46. The number of nitrogens with zero attached hydrogens (tertiary/aromatic N) is 1. The molecular weight excluding hydrogens is 255 g/mol. The highest BCUT2D eigenvalue weighted by atomic mass is 32.2. The Bertz CT molecular complexity index is 604. The summed E-state index contributed by atoms with van der Waals surface area (Å²) in [5, 5.41) is 0.672. The number of hydrogen-bond acceptors (Lipinski definition) is 5. The summed E-state index contributed by atoms with van der Waals surface area (Å²) in [7, 11) is 1.29. The van der Waals surface area contributed by atoms with Crippen LogP contribution in [0.25, 0.3) is 10.9 Å². The van der Waals surface area contributed by atoms with Gasteiger partial charge >= 0.3 is 5.97 Å². The fourth-order valence-corrected chi connectivity index (χ4v) is 2.42. The lowest BCUT2D eigenvalue weighted by Gasteiger charge is -2.08. The van der Waals surface area contributed by atoms with Gasteiger partial charge in [-0.05, 0) is 18.2 Å². The molecule has 0 fully saturated rings. The van der Waals surface area contributed by atoms with E-state index in [1.165, 1.54) is 13.2 Å². The molecule has 18 heavy (non-hydrogen) atoms. The topological polar surface area (TPSA) is 65.2 Å². The summed E-state index contributed by atoms with van der Waals surface area (Å²) in [6.45, 7) is 0. The minimum atomic E-state index is -0.479. The normalized spacial score (nSPS) is 10.6. The molecule has 1 aromatic heterocycles. The van der Waals surface area contributed by atoms with Crippen molar-refractivity contribution in [2.75, 3.05) is 18.6 Å². The van der Waals surface area contributed by atoms with Crippen molar-refractivity contribution in [3.05, 3.63) is 30.2 Å². The minimum Gasteiger partial charge on any atom is -0.468 e. The molecule has 4 nitrogen and oxygen atoms in total. The van der Waals surface area contributed by atoms with Crippen LogP contribution in [0.5, 0.6) is 0 Å². The predicted molar refractivity (Wildman–Crippen MR) is 68.9 cm³/mol. The molecule has 0 bridgehead atoms. The third-order valence-corrected chi connectivity index (χ3v) is 3.45. The van der Waals surface area contributed by atoms with Crippen molar-refractivity contribution in [2.45, 2.75) is 4.90 Å². The van der Waals surface area contributed by atoms with Crippen LogP contribution in [0.3, 0.4) is 0 Å². The van der Waals surface area contributed by atoms with Gasteiger partial charge in [0.15, 0.2) is 0 Å². The van der Waals surface area contributed by atoms with E-state index in [2.05, 4.69) is 9.72 Å². The molecule has 6 heteroatoms. The zero-order valence-electron chi connectivity index (χ0n) is 9.64. The maximum absolute atomic E-state index is 13.8. The second kappa shape index (κ2) is 5.22. The molecular formula is C12H11FN2O2S. The van der Waals surface area contributed by atoms with Gasteiger partial charge in [-0.1, -0.05) is 0 Å². The first-order valence-electron chi connectivity index (χ1n) is 5.16. The molecule has 94 valence electrons. The molecule has 2 N–H and O–H groups in total. The van der Waals surface area contributed by atoms with Crippen molar-refractivity contribution in [1.82, 2.24) is 4.98 Å². The zero-order valence-corrected chi connectivity index (χ0v) is 10.5. The maximum atomic E-state index is 13.8. The van der Waals surface area contributed by atoms with Gasteiger partial charge in [0, 0.05) is 17.3 Å². The highest BCUT2D eigenvalue weighted by Gasteiger charge is 2.14. The molecule has 2 aromatic rings. The molecule has 0 aliphatic heterocycles. The molecule has 2 rings (SSSR count). The zero-order chi connectivity index (χ0) is 13.1. The molecule has 0 unspecified atom stereocenters. The molecule has 0 aliphatic rings. The number of thioether (sulfide) groups is 1. The van der Waals surface area contributed by atoms with E-state index in [-0.39, 0.29) is 5.75 Å². The smallest absolute Gasteiger partial charge is 0.315 e. The molecule has 1 aromatic carbocycles. The molecule has 0 saturated heterocycles. The first kappa shape index (κ1) is 12.6. The molecule has 0 amide bonds. The lowest BCUT2D eigenvalue weighted by Crippen LogP contribution is -2.04. The van der Waals surface area contributed by atoms with Crippen molar-refractivity contribution in [3.8, 4) is 0 Å². The fraction of sp³-hybridized carbons (Fsp3) is 0.167. The van der Waals surface area contributed by atoms with E-state index in [1.54, 1.807) is 18.3 Å². The summed E-state index contributed by atoms with van der Waals surface area (Å²) < 4.78 is 18.4. The number of carbonyl (C=O) groups excluding carboxylic acids is 1. The third-order valence-electron chi connectivity index (χ3n) is 2.39. The van der Waals surface area contributed by atoms with E-state index >= 15 is 0 Å². The Kier molecular flexibility index (Phi) is 3.66. The Morgan fingerprint density at radius 3 is 3.11 bits per heavy atom. The highest BCUT2D eigenvalue weighted by molar-refractivity contribution is 8.00. The second-order valence-electron chi connectivity index (χ2n) is 3.54. The number of aromatic nitrogens is 1. The number of hydrogen-bond donors (Lipinski definition) is 1. The van der Waals surface area contributed by atoms with Crippen molar-refractivity contribution in [1.29, 1.82) is 0 Å². The quantitative estimate of drug-likeness (QED) is 0.524. The van der Waals surface area contributed by atoms with Crippen molar-refractivity contribution < 1.29 is 13.9 Å². The Labute approximate surface area is 107 Å². The predicted octanol–water partition coefficient (Wildman–Crippen LogP) is 2.22. The van der Waals surface area contributed by atoms with Crippen LogP contribution >= 0.6 is 11.8 Å². The van der Waals surface area contributed by atoms with Crippen molar-refractivity contribution in [2.24, 2.45) is 0 Å². The number of nitrogen functional groups attached to an aromatic ring is 1. The Morgan fingerprint density at radius 1 is 1.61 bits per heavy atom. The van der Waals surface area contributed by atoms with Crippen LogP contribution in [0.2, 0.25) is 0 Å². The summed E-state index contributed by atoms with van der Waals surface area (Å²) in [4.78, 5) is 15.5. The van der Waals surface area contributed by atoms with Crippen LogP contribution in [0, 0.1) is 5.82 Å². The van der Waals surface area contributed by atoms with Crippen LogP contribution in [-0.4, -0.2) is 23.8 Å². The van der Waals surface area contributed by atoms with E-state index in [0.717, 1.165) is 11.8 Å². The molecule has 0 radical (unpaired) electrons. The Hall–Kier alpha value is -1.82. The number of methoxy groups -OCH3 is 1. The van der Waals surface area contributed by atoms with Gasteiger partial charge < -0.3 is 10.5 Å². The lowest BCUT2D eigenvalue weighted by atomic mass is 10.2. The number of ether oxygens (including phenoxy) is 1. The van der Waals surface area contributed by atoms with Crippen LogP contribution in [0.15, 0.2) is 29.3 Å². The molecule has 1 heterocycles. The summed E-state index contributed by atoms with van der Waals surface area (Å²) in [6.07, 6.45) is 1.56. The van der Waals surface area contributed by atoms with E-state index < -0.39 is 11.8 Å². The van der Waals surface area contributed by atoms with Crippen LogP contribution in [0.4, 0.5) is 10.1 Å². The number of anilines is 1.